The van der Waals surface area contributed by atoms with Crippen LogP contribution >= 0.6 is 0 Å². The SMILES string of the molecule is CCC12CCC(CC1O)C2. The highest BCUT2D eigenvalue weighted by molar-refractivity contribution is 5.00. The van der Waals surface area contributed by atoms with Gasteiger partial charge in [0, 0.05) is 0 Å². The van der Waals surface area contributed by atoms with Crippen molar-refractivity contribution < 1.29 is 5.11 Å². The first-order valence-electron chi connectivity index (χ1n) is 4.45. The smallest absolute Gasteiger partial charge is 0.0599 e. The summed E-state index contributed by atoms with van der Waals surface area (Å²) in [7, 11) is 0. The van der Waals surface area contributed by atoms with Crippen LogP contribution in [0.25, 0.3) is 0 Å². The van der Waals surface area contributed by atoms with E-state index >= 15 is 0 Å². The van der Waals surface area contributed by atoms with E-state index < -0.39 is 0 Å². The van der Waals surface area contributed by atoms with E-state index in [1.807, 2.05) is 0 Å². The number of hydrogen-bond donors (Lipinski definition) is 1. The molecule has 2 aliphatic rings. The molecular weight excluding hydrogens is 124 g/mol. The Morgan fingerprint density at radius 1 is 1.60 bits per heavy atom. The molecule has 0 amide bonds. The Morgan fingerprint density at radius 2 is 2.40 bits per heavy atom. The predicted octanol–water partition coefficient (Wildman–Crippen LogP) is 1.95. The van der Waals surface area contributed by atoms with Crippen molar-refractivity contribution in [1.29, 1.82) is 0 Å². The molecule has 2 saturated carbocycles. The van der Waals surface area contributed by atoms with Crippen LogP contribution in [0.15, 0.2) is 0 Å². The Hall–Kier alpha value is -0.0400. The lowest BCUT2D eigenvalue weighted by Gasteiger charge is -2.30. The van der Waals surface area contributed by atoms with Crippen LogP contribution in [0.3, 0.4) is 0 Å². The first-order chi connectivity index (χ1) is 4.77. The van der Waals surface area contributed by atoms with Crippen LogP contribution in [0.1, 0.15) is 39.0 Å². The molecule has 1 nitrogen and oxygen atoms in total. The van der Waals surface area contributed by atoms with Gasteiger partial charge in [0.25, 0.3) is 0 Å². The van der Waals surface area contributed by atoms with E-state index in [1.165, 1.54) is 25.7 Å². The van der Waals surface area contributed by atoms with Crippen LogP contribution in [0.4, 0.5) is 0 Å². The Bertz CT molecular complexity index is 144. The first-order valence-corrected chi connectivity index (χ1v) is 4.45. The topological polar surface area (TPSA) is 20.2 Å². The molecule has 10 heavy (non-hydrogen) atoms. The summed E-state index contributed by atoms with van der Waals surface area (Å²) < 4.78 is 0. The summed E-state index contributed by atoms with van der Waals surface area (Å²) in [5.41, 5.74) is 0.366. The van der Waals surface area contributed by atoms with E-state index in [2.05, 4.69) is 6.92 Å². The number of fused-ring (bicyclic) bond motifs is 2. The molecule has 2 bridgehead atoms. The molecule has 0 saturated heterocycles. The van der Waals surface area contributed by atoms with Crippen LogP contribution in [0, 0.1) is 11.3 Å². The highest BCUT2D eigenvalue weighted by atomic mass is 16.3. The largest absolute Gasteiger partial charge is 0.393 e. The third-order valence-corrected chi connectivity index (χ3v) is 3.71. The van der Waals surface area contributed by atoms with Gasteiger partial charge in [0.1, 0.15) is 0 Å². The third kappa shape index (κ3) is 0.672. The highest BCUT2D eigenvalue weighted by Crippen LogP contribution is 2.55. The Kier molecular flexibility index (Phi) is 1.31. The van der Waals surface area contributed by atoms with Crippen LogP contribution in [-0.2, 0) is 0 Å². The lowest BCUT2D eigenvalue weighted by molar-refractivity contribution is 0.0377. The minimum Gasteiger partial charge on any atom is -0.393 e. The lowest BCUT2D eigenvalue weighted by Crippen LogP contribution is -2.28. The van der Waals surface area contributed by atoms with Crippen LogP contribution < -0.4 is 0 Å². The summed E-state index contributed by atoms with van der Waals surface area (Å²) in [6.45, 7) is 2.22. The normalized spacial score (nSPS) is 52.2. The van der Waals surface area contributed by atoms with Crippen molar-refractivity contribution in [3.8, 4) is 0 Å². The summed E-state index contributed by atoms with van der Waals surface area (Å²) in [4.78, 5) is 0. The van der Waals surface area contributed by atoms with Gasteiger partial charge in [-0.05, 0) is 43.4 Å². The van der Waals surface area contributed by atoms with E-state index in [-0.39, 0.29) is 6.10 Å². The van der Waals surface area contributed by atoms with Gasteiger partial charge in [-0.15, -0.1) is 0 Å². The molecular formula is C9H16O. The number of aliphatic hydroxyl groups is 1. The second-order valence-corrected chi connectivity index (χ2v) is 4.08. The molecule has 3 unspecified atom stereocenters. The third-order valence-electron chi connectivity index (χ3n) is 3.71. The average Bonchev–Trinajstić information content (AvgIpc) is 2.44. The molecule has 0 aliphatic heterocycles. The molecule has 0 aromatic rings. The Morgan fingerprint density at radius 3 is 2.70 bits per heavy atom. The van der Waals surface area contributed by atoms with E-state index in [0.717, 1.165) is 12.3 Å². The van der Waals surface area contributed by atoms with Crippen molar-refractivity contribution in [3.05, 3.63) is 0 Å². The summed E-state index contributed by atoms with van der Waals surface area (Å²) >= 11 is 0. The van der Waals surface area contributed by atoms with E-state index in [0.29, 0.717) is 5.41 Å². The van der Waals surface area contributed by atoms with E-state index in [1.54, 1.807) is 0 Å². The highest BCUT2D eigenvalue weighted by Gasteiger charge is 2.49. The molecule has 1 heteroatoms. The van der Waals surface area contributed by atoms with Crippen LogP contribution in [-0.4, -0.2) is 11.2 Å². The molecule has 1 N–H and O–H groups in total. The predicted molar refractivity (Wildman–Crippen MR) is 40.7 cm³/mol. The van der Waals surface area contributed by atoms with Gasteiger partial charge in [-0.2, -0.15) is 0 Å². The molecule has 2 aliphatic carbocycles. The van der Waals surface area contributed by atoms with Crippen molar-refractivity contribution in [1.82, 2.24) is 0 Å². The molecule has 0 aromatic heterocycles. The number of rotatable bonds is 1. The van der Waals surface area contributed by atoms with Gasteiger partial charge in [0.05, 0.1) is 6.10 Å². The van der Waals surface area contributed by atoms with Crippen LogP contribution in [0.2, 0.25) is 0 Å². The molecule has 0 radical (unpaired) electrons. The summed E-state index contributed by atoms with van der Waals surface area (Å²) in [5, 5.41) is 9.67. The number of aliphatic hydroxyl groups excluding tert-OH is 1. The van der Waals surface area contributed by atoms with Crippen molar-refractivity contribution in [3.63, 3.8) is 0 Å². The minimum atomic E-state index is 0.0382. The van der Waals surface area contributed by atoms with Gasteiger partial charge in [0.15, 0.2) is 0 Å². The van der Waals surface area contributed by atoms with Crippen molar-refractivity contribution in [2.24, 2.45) is 11.3 Å². The van der Waals surface area contributed by atoms with Gasteiger partial charge in [-0.1, -0.05) is 6.92 Å². The molecule has 58 valence electrons. The fourth-order valence-electron chi connectivity index (χ4n) is 2.90. The monoisotopic (exact) mass is 140 g/mol. The molecule has 0 spiro atoms. The van der Waals surface area contributed by atoms with Gasteiger partial charge >= 0.3 is 0 Å². The van der Waals surface area contributed by atoms with E-state index in [4.69, 9.17) is 0 Å². The molecule has 0 heterocycles. The second kappa shape index (κ2) is 1.97. The molecule has 2 rings (SSSR count). The van der Waals surface area contributed by atoms with Gasteiger partial charge in [-0.25, -0.2) is 0 Å². The zero-order chi connectivity index (χ0) is 7.19. The van der Waals surface area contributed by atoms with E-state index in [9.17, 15) is 5.11 Å². The Balaban J connectivity index is 2.19. The van der Waals surface area contributed by atoms with Gasteiger partial charge < -0.3 is 5.11 Å². The fraction of sp³-hybridized carbons (Fsp3) is 1.00. The van der Waals surface area contributed by atoms with Crippen molar-refractivity contribution >= 4 is 0 Å². The maximum Gasteiger partial charge on any atom is 0.0599 e. The average molecular weight is 140 g/mol. The molecule has 3 atom stereocenters. The second-order valence-electron chi connectivity index (χ2n) is 4.08. The zero-order valence-electron chi connectivity index (χ0n) is 6.64. The standard InChI is InChI=1S/C9H16O/c1-2-9-4-3-7(6-9)5-8(9)10/h7-8,10H,2-6H2,1H3. The quantitative estimate of drug-likeness (QED) is 0.590. The molecule has 2 fully saturated rings. The van der Waals surface area contributed by atoms with Gasteiger partial charge in [-0.3, -0.25) is 0 Å². The van der Waals surface area contributed by atoms with Crippen LogP contribution in [0.5, 0.6) is 0 Å². The van der Waals surface area contributed by atoms with Crippen molar-refractivity contribution in [2.75, 3.05) is 0 Å². The minimum absolute atomic E-state index is 0.0382. The first kappa shape index (κ1) is 6.66. The maximum absolute atomic E-state index is 9.67. The zero-order valence-corrected chi connectivity index (χ0v) is 6.64. The van der Waals surface area contributed by atoms with Crippen molar-refractivity contribution in [2.45, 2.75) is 45.1 Å². The molecule has 0 aromatic carbocycles. The maximum atomic E-state index is 9.67. The fourth-order valence-corrected chi connectivity index (χ4v) is 2.90. The van der Waals surface area contributed by atoms with Gasteiger partial charge in [0.2, 0.25) is 0 Å². The summed E-state index contributed by atoms with van der Waals surface area (Å²) in [5.74, 6) is 0.870. The lowest BCUT2D eigenvalue weighted by atomic mass is 9.79. The Labute approximate surface area is 62.4 Å². The summed E-state index contributed by atoms with van der Waals surface area (Å²) in [6.07, 6.45) is 6.29. The number of hydrogen-bond acceptors (Lipinski definition) is 1. The summed E-state index contributed by atoms with van der Waals surface area (Å²) in [6, 6.07) is 0.